The second-order valence-electron chi connectivity index (χ2n) is 10.6. The number of hydrogen-bond acceptors (Lipinski definition) is 4. The molecule has 0 saturated carbocycles. The summed E-state index contributed by atoms with van der Waals surface area (Å²) in [6, 6.07) is 5.48. The number of nitrogens with one attached hydrogen (secondary N) is 1. The van der Waals surface area contributed by atoms with Crippen LogP contribution in [-0.2, 0) is 34.8 Å². The molecular weight excluding hydrogens is 588 g/mol. The van der Waals surface area contributed by atoms with E-state index in [1.807, 2.05) is 39.8 Å². The van der Waals surface area contributed by atoms with Crippen LogP contribution >= 0.6 is 0 Å². The van der Waals surface area contributed by atoms with Crippen LogP contribution in [-0.4, -0.2) is 50.6 Å². The number of aryl methyl sites for hydroxylation is 2. The van der Waals surface area contributed by atoms with Crippen LogP contribution in [0.15, 0.2) is 35.4 Å². The van der Waals surface area contributed by atoms with Gasteiger partial charge < -0.3 is 25.7 Å². The third-order valence-electron chi connectivity index (χ3n) is 6.84. The van der Waals surface area contributed by atoms with Gasteiger partial charge in [0.05, 0.1) is 17.2 Å². The van der Waals surface area contributed by atoms with E-state index in [4.69, 9.17) is 10.5 Å². The van der Waals surface area contributed by atoms with Gasteiger partial charge in [-0.15, -0.1) is 5.10 Å². The first kappa shape index (κ1) is 38.5. The number of anilines is 1. The maximum absolute atomic E-state index is 13.3. The van der Waals surface area contributed by atoms with Crippen molar-refractivity contribution in [2.75, 3.05) is 32.1 Å². The summed E-state index contributed by atoms with van der Waals surface area (Å²) in [5.74, 6) is -0.0875. The first-order chi connectivity index (χ1) is 20.5. The molecule has 0 bridgehead atoms. The molecule has 0 spiro atoms. The number of alkyl halides is 6. The van der Waals surface area contributed by atoms with E-state index in [1.54, 1.807) is 12.0 Å². The normalized spacial score (nSPS) is 12.1. The Labute approximate surface area is 256 Å². The number of nitrogens with two attached hydrogens (primary N) is 1. The zero-order valence-electron chi connectivity index (χ0n) is 26.5. The van der Waals surface area contributed by atoms with Crippen LogP contribution in [0.5, 0.6) is 0 Å². The van der Waals surface area contributed by atoms with Crippen LogP contribution in [0.3, 0.4) is 0 Å². The average Bonchev–Trinajstić information content (AvgIpc) is 2.94. The molecular formula is C31H45F6N5O2. The minimum absolute atomic E-state index is 0.0875. The van der Waals surface area contributed by atoms with E-state index in [9.17, 15) is 31.1 Å². The number of hydrogen-bond donors (Lipinski definition) is 2. The second kappa shape index (κ2) is 17.7. The first-order valence-corrected chi connectivity index (χ1v) is 14.4. The molecule has 2 aromatic carbocycles. The van der Waals surface area contributed by atoms with E-state index in [0.717, 1.165) is 41.6 Å². The number of carbonyl (C=O) groups excluding carboxylic acids is 1. The Balaban J connectivity index is 0.00000178. The lowest BCUT2D eigenvalue weighted by molar-refractivity contribution is -0.143. The Morgan fingerprint density at radius 3 is 2.02 bits per heavy atom. The van der Waals surface area contributed by atoms with Crippen molar-refractivity contribution in [1.29, 1.82) is 0 Å². The largest absolute Gasteiger partial charge is 0.416 e. The molecule has 3 N–H and O–H groups in total. The van der Waals surface area contributed by atoms with Gasteiger partial charge in [-0.1, -0.05) is 25.5 Å². The first-order valence-electron chi connectivity index (χ1n) is 14.4. The topological polar surface area (TPSA) is 83.2 Å². The lowest BCUT2D eigenvalue weighted by Crippen LogP contribution is -2.39. The van der Waals surface area contributed by atoms with Crippen LogP contribution in [0.4, 0.5) is 32.0 Å². The number of carbonyl (C=O) groups is 1. The molecule has 0 aliphatic rings. The predicted molar refractivity (Wildman–Crippen MR) is 162 cm³/mol. The number of halogens is 6. The van der Waals surface area contributed by atoms with Crippen molar-refractivity contribution in [2.45, 2.75) is 85.3 Å². The summed E-state index contributed by atoms with van der Waals surface area (Å²) in [6.45, 7) is 10.2. The Morgan fingerprint density at radius 2 is 1.57 bits per heavy atom. The summed E-state index contributed by atoms with van der Waals surface area (Å²) in [7, 11) is 3.17. The third-order valence-corrected chi connectivity index (χ3v) is 6.84. The third kappa shape index (κ3) is 12.3. The minimum Gasteiger partial charge on any atom is -0.382 e. The van der Waals surface area contributed by atoms with E-state index in [2.05, 4.69) is 17.5 Å². The van der Waals surface area contributed by atoms with Crippen LogP contribution in [0.1, 0.15) is 73.4 Å². The van der Waals surface area contributed by atoms with Gasteiger partial charge in [-0.3, -0.25) is 4.79 Å². The summed E-state index contributed by atoms with van der Waals surface area (Å²) in [5.41, 5.74) is 9.44. The van der Waals surface area contributed by atoms with Gasteiger partial charge >= 0.3 is 12.4 Å². The number of hydrazone groups is 1. The summed E-state index contributed by atoms with van der Waals surface area (Å²) in [6.07, 6.45) is -6.06. The van der Waals surface area contributed by atoms with Gasteiger partial charge in [0.15, 0.2) is 0 Å². The Kier molecular flexibility index (Phi) is 15.5. The van der Waals surface area contributed by atoms with Gasteiger partial charge in [-0.25, -0.2) is 0 Å². The molecule has 1 amide bonds. The van der Waals surface area contributed by atoms with E-state index in [1.165, 1.54) is 11.9 Å². The Bertz CT molecular complexity index is 1180. The molecule has 0 saturated heterocycles. The average molecular weight is 634 g/mol. The highest BCUT2D eigenvalue weighted by Gasteiger charge is 2.37. The highest BCUT2D eigenvalue weighted by molar-refractivity contribution is 5.80. The molecule has 7 nitrogen and oxygen atoms in total. The Morgan fingerprint density at radius 1 is 1.02 bits per heavy atom. The Hall–Kier alpha value is -3.48. The highest BCUT2D eigenvalue weighted by Crippen LogP contribution is 2.36. The predicted octanol–water partition coefficient (Wildman–Crippen LogP) is 7.03. The molecule has 0 aromatic heterocycles. The van der Waals surface area contributed by atoms with Gasteiger partial charge in [0, 0.05) is 39.5 Å². The van der Waals surface area contributed by atoms with Crippen molar-refractivity contribution in [1.82, 2.24) is 10.3 Å². The molecule has 2 aromatic rings. The smallest absolute Gasteiger partial charge is 0.382 e. The molecule has 0 aliphatic carbocycles. The van der Waals surface area contributed by atoms with Crippen LogP contribution < -0.4 is 16.1 Å². The number of ether oxygens (including phenoxy) is 1. The summed E-state index contributed by atoms with van der Waals surface area (Å²) >= 11 is 0. The van der Waals surface area contributed by atoms with Crippen molar-refractivity contribution >= 4 is 18.1 Å². The monoisotopic (exact) mass is 633 g/mol. The van der Waals surface area contributed by atoms with E-state index in [0.29, 0.717) is 37.6 Å². The van der Waals surface area contributed by atoms with Gasteiger partial charge in [0.1, 0.15) is 0 Å². The van der Waals surface area contributed by atoms with Crippen molar-refractivity contribution in [2.24, 2.45) is 10.8 Å². The van der Waals surface area contributed by atoms with Crippen molar-refractivity contribution in [3.63, 3.8) is 0 Å². The zero-order valence-corrected chi connectivity index (χ0v) is 26.5. The maximum Gasteiger partial charge on any atom is 0.416 e. The van der Waals surface area contributed by atoms with Gasteiger partial charge in [-0.05, 0) is 87.4 Å². The molecule has 0 heterocycles. The zero-order chi connectivity index (χ0) is 33.7. The SMILES string of the molecule is CCCc1ccc(C)c(C)c1N(C=O)CCCCN(Cc1cc(C(F)(F)F)cc(C(F)(F)F)c1)/C(N)=N/NC.COC(C)C. The number of rotatable bonds is 13. The molecule has 0 fully saturated rings. The summed E-state index contributed by atoms with van der Waals surface area (Å²) in [5, 5.41) is 3.85. The molecule has 0 unspecified atom stereocenters. The quantitative estimate of drug-likeness (QED) is 0.0618. The number of guanidine groups is 1. The minimum atomic E-state index is -4.95. The lowest BCUT2D eigenvalue weighted by Gasteiger charge is -2.26. The van der Waals surface area contributed by atoms with Crippen LogP contribution in [0.25, 0.3) is 0 Å². The fraction of sp³-hybridized carbons (Fsp3) is 0.548. The molecule has 0 radical (unpaired) electrons. The summed E-state index contributed by atoms with van der Waals surface area (Å²) < 4.78 is 84.6. The number of unbranched alkanes of at least 4 members (excludes halogenated alkanes) is 1. The lowest BCUT2D eigenvalue weighted by atomic mass is 9.99. The maximum atomic E-state index is 13.3. The second-order valence-corrected chi connectivity index (χ2v) is 10.6. The van der Waals surface area contributed by atoms with Crippen LogP contribution in [0, 0.1) is 13.8 Å². The molecule has 2 rings (SSSR count). The fourth-order valence-electron chi connectivity index (χ4n) is 4.32. The van der Waals surface area contributed by atoms with Gasteiger partial charge in [0.25, 0.3) is 0 Å². The molecule has 13 heteroatoms. The van der Waals surface area contributed by atoms with Gasteiger partial charge in [0.2, 0.25) is 12.4 Å². The number of benzene rings is 2. The van der Waals surface area contributed by atoms with Crippen molar-refractivity contribution < 1.29 is 35.9 Å². The number of methoxy groups -OCH3 is 1. The van der Waals surface area contributed by atoms with Crippen molar-refractivity contribution in [3.8, 4) is 0 Å². The molecule has 248 valence electrons. The van der Waals surface area contributed by atoms with E-state index >= 15 is 0 Å². The molecule has 0 aliphatic heterocycles. The fourth-order valence-corrected chi connectivity index (χ4v) is 4.32. The van der Waals surface area contributed by atoms with Gasteiger partial charge in [-0.2, -0.15) is 26.3 Å². The summed E-state index contributed by atoms with van der Waals surface area (Å²) in [4.78, 5) is 15.0. The molecule has 44 heavy (non-hydrogen) atoms. The van der Waals surface area contributed by atoms with Crippen molar-refractivity contribution in [3.05, 3.63) is 63.7 Å². The van der Waals surface area contributed by atoms with E-state index in [-0.39, 0.29) is 30.7 Å². The molecule has 0 atom stereocenters. The standard InChI is InChI=1S/C27H35F6N5O.C4H10O/c1-5-8-21-10-9-18(2)19(3)24(21)38(17-39)12-7-6-11-37(25(34)36-35-4)16-20-13-22(26(28,29)30)15-23(14-20)27(31,32)33;1-4(2)5-3/h9-10,13-15,17,35H,5-8,11-12,16H2,1-4H3,(H2,34,36);4H,1-3H3. The number of nitrogens with zero attached hydrogens (tertiary/aromatic N) is 3. The van der Waals surface area contributed by atoms with Crippen LogP contribution in [0.2, 0.25) is 0 Å². The van der Waals surface area contributed by atoms with E-state index < -0.39 is 23.5 Å². The highest BCUT2D eigenvalue weighted by atomic mass is 19.4. The number of amides is 1.